The number of fused-ring (bicyclic) bond motifs is 1. The van der Waals surface area contributed by atoms with Gasteiger partial charge in [-0.15, -0.1) is 5.10 Å². The summed E-state index contributed by atoms with van der Waals surface area (Å²) in [6.07, 6.45) is 3.44. The average Bonchev–Trinajstić information content (AvgIpc) is 3.67. The lowest BCUT2D eigenvalue weighted by atomic mass is 9.98. The molecule has 0 radical (unpaired) electrons. The number of nitrogens with one attached hydrogen (secondary N) is 1. The number of furan rings is 1. The number of nitrogens with zero attached hydrogens (tertiary/aromatic N) is 4. The minimum atomic E-state index is -0.861. The minimum absolute atomic E-state index is 0.0118. The van der Waals surface area contributed by atoms with E-state index in [9.17, 15) is 9.59 Å². The summed E-state index contributed by atoms with van der Waals surface area (Å²) < 4.78 is 12.8. The third-order valence-electron chi connectivity index (χ3n) is 6.50. The van der Waals surface area contributed by atoms with Crippen LogP contribution < -0.4 is 5.32 Å². The Morgan fingerprint density at radius 1 is 1.14 bits per heavy atom. The van der Waals surface area contributed by atoms with Crippen LogP contribution in [0.4, 0.5) is 0 Å². The predicted octanol–water partition coefficient (Wildman–Crippen LogP) is 3.40. The average molecular weight is 488 g/mol. The van der Waals surface area contributed by atoms with Crippen LogP contribution in [0, 0.1) is 6.92 Å². The first kappa shape index (κ1) is 23.7. The van der Waals surface area contributed by atoms with Crippen molar-refractivity contribution in [2.45, 2.75) is 45.0 Å². The number of aryl methyl sites for hydroxylation is 1. The van der Waals surface area contributed by atoms with Gasteiger partial charge in [0, 0.05) is 13.2 Å². The van der Waals surface area contributed by atoms with E-state index in [1.54, 1.807) is 28.0 Å². The Balaban J connectivity index is 1.48. The summed E-state index contributed by atoms with van der Waals surface area (Å²) in [4.78, 5) is 29.1. The highest BCUT2D eigenvalue weighted by molar-refractivity contribution is 5.89. The molecule has 1 aliphatic rings. The molecule has 2 amide bonds. The number of para-hydroxylation sites is 1. The first-order valence-corrected chi connectivity index (χ1v) is 12.1. The zero-order chi connectivity index (χ0) is 24.9. The van der Waals surface area contributed by atoms with Crippen molar-refractivity contribution < 1.29 is 18.7 Å². The van der Waals surface area contributed by atoms with Crippen molar-refractivity contribution in [3.63, 3.8) is 0 Å². The van der Waals surface area contributed by atoms with Crippen molar-refractivity contribution in [3.05, 3.63) is 83.8 Å². The molecule has 0 bridgehead atoms. The smallest absolute Gasteiger partial charge is 0.247 e. The maximum atomic E-state index is 13.9. The maximum absolute atomic E-state index is 13.9. The molecule has 9 heteroatoms. The van der Waals surface area contributed by atoms with Gasteiger partial charge in [0.25, 0.3) is 0 Å². The van der Waals surface area contributed by atoms with Crippen molar-refractivity contribution in [1.82, 2.24) is 25.2 Å². The summed E-state index contributed by atoms with van der Waals surface area (Å²) in [5.74, 6) is 0.0445. The van der Waals surface area contributed by atoms with Gasteiger partial charge in [0.1, 0.15) is 23.9 Å². The Labute approximate surface area is 209 Å². The van der Waals surface area contributed by atoms with Gasteiger partial charge in [0.05, 0.1) is 24.4 Å². The second-order valence-corrected chi connectivity index (χ2v) is 8.98. The summed E-state index contributed by atoms with van der Waals surface area (Å²) in [7, 11) is 0. The van der Waals surface area contributed by atoms with Gasteiger partial charge in [-0.2, -0.15) is 0 Å². The first-order chi connectivity index (χ1) is 17.6. The van der Waals surface area contributed by atoms with Crippen LogP contribution >= 0.6 is 0 Å². The largest absolute Gasteiger partial charge is 0.467 e. The lowest BCUT2D eigenvalue weighted by Crippen LogP contribution is -2.46. The van der Waals surface area contributed by atoms with Crippen LogP contribution in [0.15, 0.2) is 71.3 Å². The number of amides is 2. The van der Waals surface area contributed by atoms with E-state index in [-0.39, 0.29) is 31.0 Å². The van der Waals surface area contributed by atoms with Crippen LogP contribution in [0.5, 0.6) is 0 Å². The summed E-state index contributed by atoms with van der Waals surface area (Å²) >= 11 is 0. The Kier molecular flexibility index (Phi) is 7.08. The maximum Gasteiger partial charge on any atom is 0.247 e. The minimum Gasteiger partial charge on any atom is -0.467 e. The number of ether oxygens (including phenoxy) is 1. The third kappa shape index (κ3) is 5.16. The fraction of sp³-hybridized carbons (Fsp3) is 0.333. The molecule has 1 N–H and O–H groups in total. The van der Waals surface area contributed by atoms with Crippen LogP contribution in [0.3, 0.4) is 0 Å². The number of benzene rings is 2. The Bertz CT molecular complexity index is 1330. The molecule has 1 fully saturated rings. The molecule has 1 aliphatic heterocycles. The number of hydrogen-bond acceptors (Lipinski definition) is 6. The van der Waals surface area contributed by atoms with E-state index in [1.807, 2.05) is 55.5 Å². The third-order valence-corrected chi connectivity index (χ3v) is 6.50. The molecule has 0 spiro atoms. The van der Waals surface area contributed by atoms with Crippen molar-refractivity contribution in [2.24, 2.45) is 0 Å². The quantitative estimate of drug-likeness (QED) is 0.388. The van der Waals surface area contributed by atoms with Crippen LogP contribution in [-0.2, 0) is 27.4 Å². The lowest BCUT2D eigenvalue weighted by molar-refractivity contribution is -0.142. The number of carbonyl (C=O) groups is 2. The van der Waals surface area contributed by atoms with Crippen molar-refractivity contribution in [2.75, 3.05) is 13.2 Å². The molecule has 2 atom stereocenters. The number of aromatic nitrogens is 3. The lowest BCUT2D eigenvalue weighted by Gasteiger charge is -2.32. The monoisotopic (exact) mass is 487 g/mol. The fourth-order valence-electron chi connectivity index (χ4n) is 4.61. The molecule has 0 aliphatic carbocycles. The molecule has 4 aromatic rings. The zero-order valence-electron chi connectivity index (χ0n) is 20.2. The van der Waals surface area contributed by atoms with E-state index in [2.05, 4.69) is 15.6 Å². The van der Waals surface area contributed by atoms with E-state index < -0.39 is 6.04 Å². The van der Waals surface area contributed by atoms with Gasteiger partial charge in [-0.05, 0) is 55.2 Å². The van der Waals surface area contributed by atoms with Crippen molar-refractivity contribution >= 4 is 22.8 Å². The molecular weight excluding hydrogens is 458 g/mol. The molecule has 0 unspecified atom stereocenters. The second kappa shape index (κ2) is 10.7. The van der Waals surface area contributed by atoms with Crippen LogP contribution in [0.1, 0.15) is 35.8 Å². The highest BCUT2D eigenvalue weighted by atomic mass is 16.5. The van der Waals surface area contributed by atoms with E-state index in [4.69, 9.17) is 9.15 Å². The van der Waals surface area contributed by atoms with Gasteiger partial charge in [0.15, 0.2) is 0 Å². The predicted molar refractivity (Wildman–Crippen MR) is 133 cm³/mol. The Morgan fingerprint density at radius 3 is 2.75 bits per heavy atom. The van der Waals surface area contributed by atoms with Gasteiger partial charge in [-0.25, -0.2) is 4.68 Å². The molecule has 2 aromatic heterocycles. The van der Waals surface area contributed by atoms with Crippen LogP contribution in [0.2, 0.25) is 0 Å². The van der Waals surface area contributed by atoms with E-state index in [0.717, 1.165) is 29.5 Å². The second-order valence-electron chi connectivity index (χ2n) is 8.98. The van der Waals surface area contributed by atoms with E-state index in [1.165, 1.54) is 0 Å². The topological polar surface area (TPSA) is 102 Å². The molecular formula is C27H29N5O4. The zero-order valence-corrected chi connectivity index (χ0v) is 20.2. The Morgan fingerprint density at radius 2 is 1.97 bits per heavy atom. The highest BCUT2D eigenvalue weighted by Crippen LogP contribution is 2.27. The van der Waals surface area contributed by atoms with Gasteiger partial charge >= 0.3 is 0 Å². The summed E-state index contributed by atoms with van der Waals surface area (Å²) in [6.45, 7) is 3.11. The van der Waals surface area contributed by atoms with Gasteiger partial charge in [-0.1, -0.05) is 41.6 Å². The molecule has 186 valence electrons. The molecule has 1 saturated heterocycles. The molecule has 2 aromatic carbocycles. The standard InChI is InChI=1S/C27H29N5O4/c1-19-8-2-3-11-22(19)26(27(34)28-16-20-9-6-14-35-20)31(17-21-10-7-15-36-21)25(33)18-32-24-13-5-4-12-23(24)29-30-32/h2-5,7-8,10-13,15,20,26H,6,9,14,16-18H2,1H3,(H,28,34)/t20-,26-/m0/s1. The van der Waals surface area contributed by atoms with Crippen LogP contribution in [0.25, 0.3) is 11.0 Å². The first-order valence-electron chi connectivity index (χ1n) is 12.1. The molecule has 9 nitrogen and oxygen atoms in total. The summed E-state index contributed by atoms with van der Waals surface area (Å²) in [5, 5.41) is 11.4. The van der Waals surface area contributed by atoms with Gasteiger partial charge < -0.3 is 19.4 Å². The molecule has 36 heavy (non-hydrogen) atoms. The van der Waals surface area contributed by atoms with Crippen LogP contribution in [-0.4, -0.2) is 51.0 Å². The molecule has 3 heterocycles. The summed E-state index contributed by atoms with van der Waals surface area (Å²) in [5.41, 5.74) is 3.12. The molecule has 0 saturated carbocycles. The van der Waals surface area contributed by atoms with Crippen molar-refractivity contribution in [3.8, 4) is 0 Å². The highest BCUT2D eigenvalue weighted by Gasteiger charge is 2.34. The number of carbonyl (C=O) groups excluding carboxylic acids is 2. The molecule has 5 rings (SSSR count). The normalized spacial score (nSPS) is 16.2. The fourth-order valence-corrected chi connectivity index (χ4v) is 4.61. The van der Waals surface area contributed by atoms with Gasteiger partial charge in [0.2, 0.25) is 11.8 Å². The SMILES string of the molecule is Cc1ccccc1[C@@H](C(=O)NC[C@@H]1CCCO1)N(Cc1ccco1)C(=O)Cn1nnc2ccccc21. The number of rotatable bonds is 9. The van der Waals surface area contributed by atoms with E-state index >= 15 is 0 Å². The van der Waals surface area contributed by atoms with E-state index in [0.29, 0.717) is 24.4 Å². The van der Waals surface area contributed by atoms with Gasteiger partial charge in [-0.3, -0.25) is 9.59 Å². The Hall–Kier alpha value is -3.98. The van der Waals surface area contributed by atoms with Crippen molar-refractivity contribution in [1.29, 1.82) is 0 Å². The summed E-state index contributed by atoms with van der Waals surface area (Å²) in [6, 6.07) is 17.8. The number of hydrogen-bond donors (Lipinski definition) is 1.